The molecular formula is C16H16N2O. The summed E-state index contributed by atoms with van der Waals surface area (Å²) in [6.45, 7) is 3.16. The van der Waals surface area contributed by atoms with Crippen LogP contribution in [0.5, 0.6) is 0 Å². The van der Waals surface area contributed by atoms with Crippen LogP contribution >= 0.6 is 0 Å². The number of aromatic nitrogens is 1. The van der Waals surface area contributed by atoms with Crippen LogP contribution in [0.15, 0.2) is 47.1 Å². The lowest BCUT2D eigenvalue weighted by Gasteiger charge is -2.06. The molecule has 1 aliphatic rings. The molecule has 0 bridgehead atoms. The fraction of sp³-hybridized carbons (Fsp3) is 0.250. The van der Waals surface area contributed by atoms with E-state index >= 15 is 0 Å². The lowest BCUT2D eigenvalue weighted by molar-refractivity contribution is 0.582. The van der Waals surface area contributed by atoms with Gasteiger partial charge in [-0.15, -0.1) is 0 Å². The molecule has 1 aromatic carbocycles. The van der Waals surface area contributed by atoms with Gasteiger partial charge in [-0.3, -0.25) is 0 Å². The Hall–Kier alpha value is -2.00. The Morgan fingerprint density at radius 3 is 3.00 bits per heavy atom. The molecule has 2 aromatic heterocycles. The number of hydrogen-bond donors (Lipinski definition) is 1. The highest BCUT2D eigenvalue weighted by Gasteiger charge is 2.12. The molecule has 96 valence electrons. The van der Waals surface area contributed by atoms with Crippen LogP contribution in [-0.2, 0) is 13.0 Å². The average Bonchev–Trinajstić information content (AvgIpc) is 3.01. The van der Waals surface area contributed by atoms with Gasteiger partial charge in [0.1, 0.15) is 5.76 Å². The number of furan rings is 1. The van der Waals surface area contributed by atoms with Crippen molar-refractivity contribution in [2.75, 3.05) is 13.1 Å². The summed E-state index contributed by atoms with van der Waals surface area (Å²) in [6, 6.07) is 12.8. The van der Waals surface area contributed by atoms with E-state index in [-0.39, 0.29) is 0 Å². The summed E-state index contributed by atoms with van der Waals surface area (Å²) >= 11 is 0. The molecule has 0 radical (unpaired) electrons. The first kappa shape index (κ1) is 10.9. The lowest BCUT2D eigenvalue weighted by Crippen LogP contribution is -2.17. The monoisotopic (exact) mass is 252 g/mol. The third-order valence-corrected chi connectivity index (χ3v) is 3.87. The van der Waals surface area contributed by atoms with Gasteiger partial charge in [0.15, 0.2) is 0 Å². The molecule has 0 saturated carbocycles. The van der Waals surface area contributed by atoms with Crippen molar-refractivity contribution >= 4 is 10.9 Å². The molecule has 0 spiro atoms. The number of hydrogen-bond acceptors (Lipinski definition) is 2. The second-order valence-corrected chi connectivity index (χ2v) is 5.04. The van der Waals surface area contributed by atoms with E-state index in [9.17, 15) is 0 Å². The minimum Gasteiger partial charge on any atom is -0.464 e. The predicted octanol–water partition coefficient (Wildman–Crippen LogP) is 3.05. The van der Waals surface area contributed by atoms with Gasteiger partial charge >= 0.3 is 0 Å². The molecule has 0 amide bonds. The average molecular weight is 252 g/mol. The van der Waals surface area contributed by atoms with Crippen molar-refractivity contribution < 1.29 is 4.42 Å². The highest BCUT2D eigenvalue weighted by molar-refractivity contribution is 5.85. The first-order chi connectivity index (χ1) is 9.42. The molecular weight excluding hydrogens is 236 g/mol. The summed E-state index contributed by atoms with van der Waals surface area (Å²) in [5, 5.41) is 4.77. The van der Waals surface area contributed by atoms with Gasteiger partial charge in [-0.1, -0.05) is 12.1 Å². The molecule has 0 atom stereocenters. The van der Waals surface area contributed by atoms with E-state index in [1.807, 2.05) is 12.1 Å². The van der Waals surface area contributed by atoms with Crippen molar-refractivity contribution in [1.82, 2.24) is 9.88 Å². The summed E-state index contributed by atoms with van der Waals surface area (Å²) in [6.07, 6.45) is 2.83. The number of fused-ring (bicyclic) bond motifs is 3. The minimum atomic E-state index is 0.934. The zero-order chi connectivity index (χ0) is 12.7. The highest BCUT2D eigenvalue weighted by atomic mass is 16.3. The van der Waals surface area contributed by atoms with E-state index in [1.54, 1.807) is 6.26 Å². The minimum absolute atomic E-state index is 0.934. The number of rotatable bonds is 1. The molecule has 0 fully saturated rings. The summed E-state index contributed by atoms with van der Waals surface area (Å²) in [5.74, 6) is 0.934. The van der Waals surface area contributed by atoms with E-state index in [1.165, 1.54) is 16.6 Å². The van der Waals surface area contributed by atoms with E-state index in [4.69, 9.17) is 4.42 Å². The topological polar surface area (TPSA) is 30.1 Å². The summed E-state index contributed by atoms with van der Waals surface area (Å²) in [5.41, 5.74) is 3.89. The van der Waals surface area contributed by atoms with Crippen molar-refractivity contribution in [1.29, 1.82) is 0 Å². The van der Waals surface area contributed by atoms with E-state index < -0.39 is 0 Å². The normalized spacial score (nSPS) is 15.4. The molecule has 3 heteroatoms. The Morgan fingerprint density at radius 2 is 2.11 bits per heavy atom. The molecule has 3 nitrogen and oxygen atoms in total. The van der Waals surface area contributed by atoms with Gasteiger partial charge in [-0.05, 0) is 29.7 Å². The van der Waals surface area contributed by atoms with Crippen LogP contribution in [0.2, 0.25) is 0 Å². The van der Waals surface area contributed by atoms with E-state index in [2.05, 4.69) is 34.1 Å². The van der Waals surface area contributed by atoms with Crippen LogP contribution in [0.25, 0.3) is 22.2 Å². The molecule has 0 unspecified atom stereocenters. The summed E-state index contributed by atoms with van der Waals surface area (Å²) in [4.78, 5) is 0. The zero-order valence-corrected chi connectivity index (χ0v) is 10.7. The molecule has 0 aliphatic carbocycles. The Kier molecular flexibility index (Phi) is 2.45. The summed E-state index contributed by atoms with van der Waals surface area (Å²) < 4.78 is 7.92. The van der Waals surface area contributed by atoms with Gasteiger partial charge in [0.05, 0.1) is 6.26 Å². The quantitative estimate of drug-likeness (QED) is 0.721. The molecule has 4 rings (SSSR count). The van der Waals surface area contributed by atoms with Crippen LogP contribution in [0.4, 0.5) is 0 Å². The van der Waals surface area contributed by atoms with Gasteiger partial charge in [0, 0.05) is 42.8 Å². The van der Waals surface area contributed by atoms with E-state index in [0.29, 0.717) is 0 Å². The second-order valence-electron chi connectivity index (χ2n) is 5.04. The SMILES string of the molecule is c1coc(-c2ccc3cc4n(c3c2)CCNCC4)c1. The van der Waals surface area contributed by atoms with Crippen LogP contribution in [-0.4, -0.2) is 17.7 Å². The Labute approximate surface area is 111 Å². The fourth-order valence-electron chi connectivity index (χ4n) is 2.91. The second kappa shape index (κ2) is 4.28. The summed E-state index contributed by atoms with van der Waals surface area (Å²) in [7, 11) is 0. The van der Waals surface area contributed by atoms with Crippen molar-refractivity contribution in [3.8, 4) is 11.3 Å². The van der Waals surface area contributed by atoms with Gasteiger partial charge in [0.2, 0.25) is 0 Å². The van der Waals surface area contributed by atoms with Gasteiger partial charge in [-0.2, -0.15) is 0 Å². The van der Waals surface area contributed by atoms with E-state index in [0.717, 1.165) is 37.4 Å². The first-order valence-electron chi connectivity index (χ1n) is 6.78. The number of nitrogens with zero attached hydrogens (tertiary/aromatic N) is 1. The molecule has 1 N–H and O–H groups in total. The maximum atomic E-state index is 5.49. The van der Waals surface area contributed by atoms with Crippen LogP contribution in [0, 0.1) is 0 Å². The van der Waals surface area contributed by atoms with Crippen molar-refractivity contribution in [2.24, 2.45) is 0 Å². The van der Waals surface area contributed by atoms with Crippen molar-refractivity contribution in [3.63, 3.8) is 0 Å². The lowest BCUT2D eigenvalue weighted by atomic mass is 10.1. The number of benzene rings is 1. The molecule has 19 heavy (non-hydrogen) atoms. The Morgan fingerprint density at radius 1 is 1.11 bits per heavy atom. The first-order valence-corrected chi connectivity index (χ1v) is 6.78. The predicted molar refractivity (Wildman–Crippen MR) is 76.2 cm³/mol. The van der Waals surface area contributed by atoms with Crippen LogP contribution in [0.3, 0.4) is 0 Å². The van der Waals surface area contributed by atoms with Crippen molar-refractivity contribution in [3.05, 3.63) is 48.4 Å². The molecule has 3 heterocycles. The highest BCUT2D eigenvalue weighted by Crippen LogP contribution is 2.27. The Bertz CT molecular complexity index is 710. The smallest absolute Gasteiger partial charge is 0.133 e. The molecule has 1 aliphatic heterocycles. The van der Waals surface area contributed by atoms with Gasteiger partial charge in [-0.25, -0.2) is 0 Å². The van der Waals surface area contributed by atoms with Gasteiger partial charge < -0.3 is 14.3 Å². The van der Waals surface area contributed by atoms with Crippen molar-refractivity contribution in [2.45, 2.75) is 13.0 Å². The maximum absolute atomic E-state index is 5.49. The maximum Gasteiger partial charge on any atom is 0.133 e. The zero-order valence-electron chi connectivity index (χ0n) is 10.7. The Balaban J connectivity index is 1.90. The standard InChI is InChI=1S/C16H16N2O/c1-2-16(19-9-1)13-4-3-12-10-14-5-6-17-7-8-18(14)15(12)11-13/h1-4,9-11,17H,5-8H2. The fourth-order valence-corrected chi connectivity index (χ4v) is 2.91. The van der Waals surface area contributed by atoms with Crippen LogP contribution in [0.1, 0.15) is 5.69 Å². The molecule has 3 aromatic rings. The van der Waals surface area contributed by atoms with Crippen LogP contribution < -0.4 is 5.32 Å². The largest absolute Gasteiger partial charge is 0.464 e. The molecule has 0 saturated heterocycles. The van der Waals surface area contributed by atoms with Gasteiger partial charge in [0.25, 0.3) is 0 Å². The third-order valence-electron chi connectivity index (χ3n) is 3.87. The number of nitrogens with one attached hydrogen (secondary N) is 1. The third kappa shape index (κ3) is 1.78.